The number of para-hydroxylation sites is 1. The van der Waals surface area contributed by atoms with Crippen LogP contribution in [0.3, 0.4) is 0 Å². The van der Waals surface area contributed by atoms with Gasteiger partial charge in [-0.2, -0.15) is 5.26 Å². The number of hydrogen-bond acceptors (Lipinski definition) is 5. The first-order valence-corrected chi connectivity index (χ1v) is 8.81. The summed E-state index contributed by atoms with van der Waals surface area (Å²) < 4.78 is 38.2. The third-order valence-corrected chi connectivity index (χ3v) is 4.57. The van der Waals surface area contributed by atoms with Crippen LogP contribution in [0.15, 0.2) is 53.4 Å². The quantitative estimate of drug-likeness (QED) is 0.742. The van der Waals surface area contributed by atoms with Crippen LogP contribution in [0, 0.1) is 11.3 Å². The first-order valence-electron chi connectivity index (χ1n) is 7.32. The Morgan fingerprint density at radius 1 is 1.17 bits per heavy atom. The van der Waals surface area contributed by atoms with Crippen molar-refractivity contribution >= 4 is 15.7 Å². The Balaban J connectivity index is 2.14. The zero-order chi connectivity index (χ0) is 17.4. The summed E-state index contributed by atoms with van der Waals surface area (Å²) in [4.78, 5) is 0.0628. The highest BCUT2D eigenvalue weighted by Gasteiger charge is 2.19. The average Bonchev–Trinajstić information content (AvgIpc) is 2.58. The zero-order valence-corrected chi connectivity index (χ0v) is 14.0. The van der Waals surface area contributed by atoms with Crippen molar-refractivity contribution in [3.8, 4) is 17.6 Å². The second kappa shape index (κ2) is 8.22. The van der Waals surface area contributed by atoms with Gasteiger partial charge in [-0.1, -0.05) is 18.2 Å². The fourth-order valence-electron chi connectivity index (χ4n) is 2.04. The van der Waals surface area contributed by atoms with Gasteiger partial charge in [-0.3, -0.25) is 4.72 Å². The first kappa shape index (κ1) is 17.6. The number of sulfonamides is 1. The highest BCUT2D eigenvalue weighted by atomic mass is 32.2. The zero-order valence-electron chi connectivity index (χ0n) is 13.2. The van der Waals surface area contributed by atoms with Gasteiger partial charge in [0.05, 0.1) is 25.5 Å². The molecule has 126 valence electrons. The van der Waals surface area contributed by atoms with Crippen LogP contribution in [0.2, 0.25) is 0 Å². The van der Waals surface area contributed by atoms with Crippen molar-refractivity contribution in [3.63, 3.8) is 0 Å². The molecule has 1 N–H and O–H groups in total. The molecule has 0 radical (unpaired) electrons. The minimum Gasteiger partial charge on any atom is -0.495 e. The summed E-state index contributed by atoms with van der Waals surface area (Å²) in [6, 6.07) is 15.1. The smallest absolute Gasteiger partial charge is 0.265 e. The van der Waals surface area contributed by atoms with E-state index in [9.17, 15) is 8.42 Å². The van der Waals surface area contributed by atoms with Gasteiger partial charge in [-0.25, -0.2) is 8.42 Å². The molecule has 0 heterocycles. The monoisotopic (exact) mass is 346 g/mol. The molecule has 2 aromatic rings. The molecule has 0 saturated carbocycles. The SMILES string of the molecule is COc1ccccc1S(=O)(=O)Nc1cccc(OCCCC#N)c1. The van der Waals surface area contributed by atoms with Gasteiger partial charge in [0.2, 0.25) is 0 Å². The minimum absolute atomic E-state index is 0.0628. The van der Waals surface area contributed by atoms with E-state index in [0.717, 1.165) is 0 Å². The molecule has 2 rings (SSSR count). The third kappa shape index (κ3) is 4.64. The van der Waals surface area contributed by atoms with Gasteiger partial charge in [-0.05, 0) is 30.7 Å². The molecule has 0 amide bonds. The Labute approximate surface area is 141 Å². The molecule has 0 unspecified atom stereocenters. The number of methoxy groups -OCH3 is 1. The minimum atomic E-state index is -3.78. The van der Waals surface area contributed by atoms with E-state index in [-0.39, 0.29) is 10.6 Å². The summed E-state index contributed by atoms with van der Waals surface area (Å²) in [6.07, 6.45) is 1.04. The fraction of sp³-hybridized carbons (Fsp3) is 0.235. The van der Waals surface area contributed by atoms with Gasteiger partial charge in [0.15, 0.2) is 0 Å². The molecular formula is C17H18N2O4S. The highest BCUT2D eigenvalue weighted by molar-refractivity contribution is 7.92. The van der Waals surface area contributed by atoms with Crippen LogP contribution in [0.25, 0.3) is 0 Å². The number of benzene rings is 2. The number of ether oxygens (including phenoxy) is 2. The number of nitriles is 1. The predicted molar refractivity (Wildman–Crippen MR) is 90.6 cm³/mol. The van der Waals surface area contributed by atoms with Crippen molar-refractivity contribution in [3.05, 3.63) is 48.5 Å². The average molecular weight is 346 g/mol. The summed E-state index contributed by atoms with van der Waals surface area (Å²) in [5.41, 5.74) is 0.388. The number of rotatable bonds is 8. The van der Waals surface area contributed by atoms with E-state index in [4.69, 9.17) is 14.7 Å². The van der Waals surface area contributed by atoms with E-state index in [0.29, 0.717) is 30.9 Å². The van der Waals surface area contributed by atoms with Crippen molar-refractivity contribution in [2.24, 2.45) is 0 Å². The number of nitrogens with zero attached hydrogens (tertiary/aromatic N) is 1. The molecule has 0 aromatic heterocycles. The summed E-state index contributed by atoms with van der Waals surface area (Å²) in [7, 11) is -2.35. The number of anilines is 1. The Bertz CT molecular complexity index is 828. The van der Waals surface area contributed by atoms with E-state index in [1.807, 2.05) is 6.07 Å². The van der Waals surface area contributed by atoms with Crippen LogP contribution in [0.5, 0.6) is 11.5 Å². The number of unbranched alkanes of at least 4 members (excludes halogenated alkanes) is 1. The summed E-state index contributed by atoms with van der Waals surface area (Å²) in [5, 5.41) is 8.49. The van der Waals surface area contributed by atoms with Gasteiger partial charge >= 0.3 is 0 Å². The standard InChI is InChI=1S/C17H18N2O4S/c1-22-16-9-2-3-10-17(16)24(20,21)19-14-7-6-8-15(13-14)23-12-5-4-11-18/h2-3,6-10,13,19H,4-5,12H2,1H3. The van der Waals surface area contributed by atoms with E-state index >= 15 is 0 Å². The fourth-order valence-corrected chi connectivity index (χ4v) is 3.26. The molecule has 0 fully saturated rings. The maximum absolute atomic E-state index is 12.5. The lowest BCUT2D eigenvalue weighted by Crippen LogP contribution is -2.14. The summed E-state index contributed by atoms with van der Waals surface area (Å²) in [6.45, 7) is 0.399. The van der Waals surface area contributed by atoms with Crippen LogP contribution in [-0.2, 0) is 10.0 Å². The molecule has 0 saturated heterocycles. The Hall–Kier alpha value is -2.72. The van der Waals surface area contributed by atoms with Crippen molar-refractivity contribution in [2.45, 2.75) is 17.7 Å². The number of nitrogens with one attached hydrogen (secondary N) is 1. The lowest BCUT2D eigenvalue weighted by atomic mass is 10.3. The van der Waals surface area contributed by atoms with Gasteiger partial charge in [0.1, 0.15) is 16.4 Å². The van der Waals surface area contributed by atoms with Gasteiger partial charge in [0.25, 0.3) is 10.0 Å². The highest BCUT2D eigenvalue weighted by Crippen LogP contribution is 2.26. The van der Waals surface area contributed by atoms with Crippen LogP contribution >= 0.6 is 0 Å². The van der Waals surface area contributed by atoms with E-state index in [2.05, 4.69) is 4.72 Å². The van der Waals surface area contributed by atoms with Crippen LogP contribution in [0.1, 0.15) is 12.8 Å². The van der Waals surface area contributed by atoms with Crippen molar-refractivity contribution in [1.29, 1.82) is 5.26 Å². The largest absolute Gasteiger partial charge is 0.495 e. The molecule has 2 aromatic carbocycles. The van der Waals surface area contributed by atoms with Gasteiger partial charge in [0, 0.05) is 12.5 Å². The van der Waals surface area contributed by atoms with Crippen molar-refractivity contribution in [2.75, 3.05) is 18.4 Å². The molecular weight excluding hydrogens is 328 g/mol. The molecule has 0 bridgehead atoms. The Morgan fingerprint density at radius 2 is 1.96 bits per heavy atom. The van der Waals surface area contributed by atoms with Gasteiger partial charge < -0.3 is 9.47 Å². The molecule has 0 spiro atoms. The number of hydrogen-bond donors (Lipinski definition) is 1. The molecule has 7 heteroatoms. The van der Waals surface area contributed by atoms with Crippen molar-refractivity contribution in [1.82, 2.24) is 0 Å². The normalized spacial score (nSPS) is 10.7. The Kier molecular flexibility index (Phi) is 6.04. The second-order valence-electron chi connectivity index (χ2n) is 4.89. The predicted octanol–water partition coefficient (Wildman–Crippen LogP) is 3.18. The van der Waals surface area contributed by atoms with E-state index in [1.165, 1.54) is 13.2 Å². The summed E-state index contributed by atoms with van der Waals surface area (Å²) >= 11 is 0. The molecule has 24 heavy (non-hydrogen) atoms. The summed E-state index contributed by atoms with van der Waals surface area (Å²) in [5.74, 6) is 0.807. The Morgan fingerprint density at radius 3 is 2.71 bits per heavy atom. The van der Waals surface area contributed by atoms with E-state index in [1.54, 1.807) is 42.5 Å². The second-order valence-corrected chi connectivity index (χ2v) is 6.55. The molecule has 0 atom stereocenters. The lowest BCUT2D eigenvalue weighted by Gasteiger charge is -2.12. The third-order valence-electron chi connectivity index (χ3n) is 3.15. The molecule has 6 nitrogen and oxygen atoms in total. The first-order chi connectivity index (χ1) is 11.6. The van der Waals surface area contributed by atoms with Crippen LogP contribution < -0.4 is 14.2 Å². The van der Waals surface area contributed by atoms with Gasteiger partial charge in [-0.15, -0.1) is 0 Å². The lowest BCUT2D eigenvalue weighted by molar-refractivity contribution is 0.313. The van der Waals surface area contributed by atoms with Crippen LogP contribution in [0.4, 0.5) is 5.69 Å². The molecule has 0 aliphatic heterocycles. The molecule has 0 aliphatic carbocycles. The maximum atomic E-state index is 12.5. The van der Waals surface area contributed by atoms with Crippen LogP contribution in [-0.4, -0.2) is 22.1 Å². The molecule has 0 aliphatic rings. The van der Waals surface area contributed by atoms with Crippen molar-refractivity contribution < 1.29 is 17.9 Å². The van der Waals surface area contributed by atoms with E-state index < -0.39 is 10.0 Å². The topological polar surface area (TPSA) is 88.4 Å². The maximum Gasteiger partial charge on any atom is 0.265 e.